The summed E-state index contributed by atoms with van der Waals surface area (Å²) in [6.45, 7) is 15.1. The molecule has 242 valence electrons. The average molecular weight is 582 g/mol. The number of hydrogen-bond acceptors (Lipinski definition) is 13. The first-order valence-corrected chi connectivity index (χ1v) is 14.5. The maximum atomic E-state index is 10.7. The molecule has 0 aromatic rings. The van der Waals surface area contributed by atoms with E-state index in [0.717, 1.165) is 0 Å². The summed E-state index contributed by atoms with van der Waals surface area (Å²) in [6, 6.07) is 0. The number of nitrogens with two attached hydrogens (primary N) is 2. The Morgan fingerprint density at radius 2 is 1.32 bits per heavy atom. The minimum atomic E-state index is -0.732. The van der Waals surface area contributed by atoms with Gasteiger partial charge in [0.1, 0.15) is 0 Å². The van der Waals surface area contributed by atoms with E-state index in [1.165, 1.54) is 5.06 Å². The van der Waals surface area contributed by atoms with E-state index in [1.807, 2.05) is 48.6 Å². The predicted molar refractivity (Wildman–Crippen MR) is 159 cm³/mol. The SMILES string of the molecule is CNCCN(CC(O)CC(C)(C)N)OC(CNCCN(O)C(C)(C)CC(O)CN(CCO)CCO)CC(C)(C)N. The van der Waals surface area contributed by atoms with Gasteiger partial charge in [0, 0.05) is 69.0 Å². The lowest BCUT2D eigenvalue weighted by atomic mass is 9.95. The molecule has 0 aliphatic carbocycles. The number of nitrogens with zero attached hydrogens (tertiary/aromatic N) is 3. The van der Waals surface area contributed by atoms with E-state index >= 15 is 0 Å². The molecule has 0 aromatic heterocycles. The Hall–Kier alpha value is -0.520. The van der Waals surface area contributed by atoms with E-state index in [4.69, 9.17) is 16.3 Å². The Labute approximate surface area is 242 Å². The molecule has 0 aliphatic heterocycles. The van der Waals surface area contributed by atoms with Gasteiger partial charge in [-0.3, -0.25) is 9.74 Å². The summed E-state index contributed by atoms with van der Waals surface area (Å²) in [5.41, 5.74) is 10.7. The Balaban J connectivity index is 5.00. The van der Waals surface area contributed by atoms with Crippen LogP contribution < -0.4 is 22.1 Å². The highest BCUT2D eigenvalue weighted by Crippen LogP contribution is 2.19. The van der Waals surface area contributed by atoms with Gasteiger partial charge in [0.25, 0.3) is 0 Å². The first-order chi connectivity index (χ1) is 18.4. The molecular weight excluding hydrogens is 518 g/mol. The van der Waals surface area contributed by atoms with Crippen molar-refractivity contribution in [2.45, 2.75) is 95.7 Å². The van der Waals surface area contributed by atoms with Crippen molar-refractivity contribution in [3.8, 4) is 0 Å². The number of rotatable bonds is 25. The van der Waals surface area contributed by atoms with Crippen LogP contribution in [-0.4, -0.2) is 155 Å². The van der Waals surface area contributed by atoms with Gasteiger partial charge in [-0.15, -0.1) is 0 Å². The first kappa shape index (κ1) is 39.5. The van der Waals surface area contributed by atoms with Crippen LogP contribution in [0.15, 0.2) is 0 Å². The molecule has 0 aliphatic rings. The van der Waals surface area contributed by atoms with Crippen LogP contribution in [0.3, 0.4) is 0 Å². The summed E-state index contributed by atoms with van der Waals surface area (Å²) in [5, 5.41) is 59.7. The summed E-state index contributed by atoms with van der Waals surface area (Å²) in [7, 11) is 1.86. The molecule has 3 atom stereocenters. The normalized spacial score (nSPS) is 15.8. The van der Waals surface area contributed by atoms with Crippen molar-refractivity contribution in [1.82, 2.24) is 25.7 Å². The lowest BCUT2D eigenvalue weighted by molar-refractivity contribution is -0.211. The highest BCUT2D eigenvalue weighted by atomic mass is 16.7. The molecule has 0 bridgehead atoms. The van der Waals surface area contributed by atoms with Gasteiger partial charge in [-0.25, -0.2) is 0 Å². The third-order valence-electron chi connectivity index (χ3n) is 6.45. The van der Waals surface area contributed by atoms with Crippen molar-refractivity contribution < 1.29 is 30.5 Å². The number of aliphatic hydroxyl groups is 4. The minimum Gasteiger partial charge on any atom is -0.395 e. The van der Waals surface area contributed by atoms with Crippen LogP contribution >= 0.6 is 0 Å². The van der Waals surface area contributed by atoms with Crippen molar-refractivity contribution in [2.75, 3.05) is 79.2 Å². The fourth-order valence-electron chi connectivity index (χ4n) is 4.65. The van der Waals surface area contributed by atoms with Gasteiger partial charge < -0.3 is 47.7 Å². The summed E-state index contributed by atoms with van der Waals surface area (Å²) < 4.78 is 0. The molecule has 3 unspecified atom stereocenters. The molecule has 0 spiro atoms. The molecule has 0 heterocycles. The highest BCUT2D eigenvalue weighted by molar-refractivity contribution is 4.83. The maximum absolute atomic E-state index is 10.7. The lowest BCUT2D eigenvalue weighted by Gasteiger charge is -2.36. The van der Waals surface area contributed by atoms with Crippen molar-refractivity contribution in [1.29, 1.82) is 0 Å². The first-order valence-electron chi connectivity index (χ1n) is 14.5. The maximum Gasteiger partial charge on any atom is 0.0934 e. The van der Waals surface area contributed by atoms with Gasteiger partial charge in [-0.2, -0.15) is 10.1 Å². The Morgan fingerprint density at radius 3 is 1.82 bits per heavy atom. The van der Waals surface area contributed by atoms with E-state index in [-0.39, 0.29) is 19.3 Å². The number of nitrogens with one attached hydrogen (secondary N) is 2. The standard InChI is InChI=1S/C27H63N7O6/c1-25(2,28)16-22(37)21-33(10-8-30-7)40-24(18-26(3,4)29)19-31-9-11-34(39)27(5,6)17-23(38)20-32(12-14-35)13-15-36/h22-24,30-31,35-39H,8-21,28-29H2,1-7H3. The van der Waals surface area contributed by atoms with E-state index < -0.39 is 28.8 Å². The number of likely N-dealkylation sites (N-methyl/N-ethyl adjacent to an activating group) is 1. The topological polar surface area (TPSA) is 196 Å². The zero-order valence-electron chi connectivity index (χ0n) is 26.3. The van der Waals surface area contributed by atoms with Crippen LogP contribution in [0.25, 0.3) is 0 Å². The molecule has 11 N–H and O–H groups in total. The van der Waals surface area contributed by atoms with Crippen LogP contribution in [0, 0.1) is 0 Å². The van der Waals surface area contributed by atoms with Crippen LogP contribution in [0.4, 0.5) is 0 Å². The van der Waals surface area contributed by atoms with Gasteiger partial charge in [0.15, 0.2) is 0 Å². The van der Waals surface area contributed by atoms with Crippen molar-refractivity contribution in [3.05, 3.63) is 0 Å². The van der Waals surface area contributed by atoms with Gasteiger partial charge in [0.05, 0.1) is 38.1 Å². The van der Waals surface area contributed by atoms with Crippen LogP contribution in [-0.2, 0) is 4.84 Å². The van der Waals surface area contributed by atoms with Crippen LogP contribution in [0.2, 0.25) is 0 Å². The van der Waals surface area contributed by atoms with Gasteiger partial charge >= 0.3 is 0 Å². The zero-order chi connectivity index (χ0) is 31.0. The van der Waals surface area contributed by atoms with Crippen molar-refractivity contribution >= 4 is 0 Å². The Morgan fingerprint density at radius 1 is 0.775 bits per heavy atom. The van der Waals surface area contributed by atoms with E-state index in [0.29, 0.717) is 78.2 Å². The largest absolute Gasteiger partial charge is 0.395 e. The van der Waals surface area contributed by atoms with Crippen LogP contribution in [0.1, 0.15) is 60.8 Å². The van der Waals surface area contributed by atoms with E-state index in [2.05, 4.69) is 10.6 Å². The summed E-state index contributed by atoms with van der Waals surface area (Å²) >= 11 is 0. The summed E-state index contributed by atoms with van der Waals surface area (Å²) in [5.74, 6) is 0. The second kappa shape index (κ2) is 19.6. The molecule has 13 nitrogen and oxygen atoms in total. The van der Waals surface area contributed by atoms with Crippen molar-refractivity contribution in [3.63, 3.8) is 0 Å². The van der Waals surface area contributed by atoms with Crippen molar-refractivity contribution in [2.24, 2.45) is 11.5 Å². The minimum absolute atomic E-state index is 0.0559. The quantitative estimate of drug-likeness (QED) is 0.0448. The van der Waals surface area contributed by atoms with Gasteiger partial charge in [0.2, 0.25) is 0 Å². The second-order valence-electron chi connectivity index (χ2n) is 13.0. The second-order valence-corrected chi connectivity index (χ2v) is 13.0. The van der Waals surface area contributed by atoms with Gasteiger partial charge in [-0.05, 0) is 67.9 Å². The smallest absolute Gasteiger partial charge is 0.0934 e. The molecule has 0 amide bonds. The predicted octanol–water partition coefficient (Wildman–Crippen LogP) is -1.48. The molecule has 40 heavy (non-hydrogen) atoms. The number of hydrogen-bond donors (Lipinski definition) is 9. The van der Waals surface area contributed by atoms with Crippen LogP contribution in [0.5, 0.6) is 0 Å². The molecule has 13 heteroatoms. The molecule has 0 aromatic carbocycles. The molecule has 0 saturated carbocycles. The Bertz CT molecular complexity index is 627. The third-order valence-corrected chi connectivity index (χ3v) is 6.45. The third kappa shape index (κ3) is 20.4. The van der Waals surface area contributed by atoms with E-state index in [9.17, 15) is 25.6 Å². The molecular formula is C27H63N7O6. The van der Waals surface area contributed by atoms with E-state index in [1.54, 1.807) is 9.96 Å². The fraction of sp³-hybridized carbons (Fsp3) is 1.00. The number of hydroxylamine groups is 4. The van der Waals surface area contributed by atoms with Gasteiger partial charge in [-0.1, -0.05) is 0 Å². The molecule has 0 saturated heterocycles. The molecule has 0 rings (SSSR count). The average Bonchev–Trinajstić information content (AvgIpc) is 2.77. The zero-order valence-corrected chi connectivity index (χ0v) is 26.3. The molecule has 0 fully saturated rings. The highest BCUT2D eigenvalue weighted by Gasteiger charge is 2.30. The Kier molecular flexibility index (Phi) is 19.4. The number of aliphatic hydroxyl groups excluding tert-OH is 4. The summed E-state index contributed by atoms with van der Waals surface area (Å²) in [6.07, 6.45) is -0.309. The monoisotopic (exact) mass is 581 g/mol. The fourth-order valence-corrected chi connectivity index (χ4v) is 4.65. The lowest BCUT2D eigenvalue weighted by Crippen LogP contribution is -2.50. The summed E-state index contributed by atoms with van der Waals surface area (Å²) in [4.78, 5) is 8.11. The molecule has 0 radical (unpaired) electrons.